The van der Waals surface area contributed by atoms with Crippen LogP contribution < -0.4 is 0 Å². The summed E-state index contributed by atoms with van der Waals surface area (Å²) in [6.07, 6.45) is 3.80. The van der Waals surface area contributed by atoms with E-state index in [0.717, 1.165) is 15.0 Å². The number of thiophene rings is 1. The summed E-state index contributed by atoms with van der Waals surface area (Å²) in [6, 6.07) is 7.72. The second kappa shape index (κ2) is 7.92. The van der Waals surface area contributed by atoms with E-state index < -0.39 is 17.9 Å². The van der Waals surface area contributed by atoms with Crippen LogP contribution in [0.2, 0.25) is 0 Å². The number of carbonyl (C=O) groups is 2. The van der Waals surface area contributed by atoms with E-state index in [9.17, 15) is 9.59 Å². The van der Waals surface area contributed by atoms with Gasteiger partial charge in [0.1, 0.15) is 0 Å². The second-order valence-corrected chi connectivity index (χ2v) is 5.90. The third kappa shape index (κ3) is 3.62. The van der Waals surface area contributed by atoms with Gasteiger partial charge in [0.25, 0.3) is 0 Å². The van der Waals surface area contributed by atoms with Crippen molar-refractivity contribution >= 4 is 39.4 Å². The predicted octanol–water partition coefficient (Wildman–Crippen LogP) is 4.14. The number of benzene rings is 1. The number of hydrogen-bond donors (Lipinski definition) is 0. The smallest absolute Gasteiger partial charge is 0.324 e. The van der Waals surface area contributed by atoms with Gasteiger partial charge in [0.2, 0.25) is 0 Å². The first kappa shape index (κ1) is 17.2. The second-order valence-electron chi connectivity index (χ2n) is 4.81. The van der Waals surface area contributed by atoms with E-state index in [0.29, 0.717) is 5.56 Å². The van der Waals surface area contributed by atoms with Gasteiger partial charge in [-0.25, -0.2) is 0 Å². The maximum Gasteiger partial charge on any atom is 0.324 e. The SMILES string of the molecule is C/C=C/c1sc2ccccc2c1C(C(=O)OCC)C(=O)OCC. The molecule has 1 aromatic heterocycles. The fourth-order valence-corrected chi connectivity index (χ4v) is 3.65. The van der Waals surface area contributed by atoms with E-state index in [1.165, 1.54) is 0 Å². The lowest BCUT2D eigenvalue weighted by Crippen LogP contribution is -2.26. The Morgan fingerprint density at radius 2 is 1.74 bits per heavy atom. The minimum Gasteiger partial charge on any atom is -0.465 e. The first-order valence-corrected chi connectivity index (χ1v) is 8.43. The number of fused-ring (bicyclic) bond motifs is 1. The molecular weight excluding hydrogens is 312 g/mol. The van der Waals surface area contributed by atoms with Crippen molar-refractivity contribution in [3.8, 4) is 0 Å². The maximum atomic E-state index is 12.4. The molecule has 0 aliphatic rings. The average molecular weight is 332 g/mol. The number of hydrogen-bond acceptors (Lipinski definition) is 5. The van der Waals surface area contributed by atoms with Gasteiger partial charge in [-0.15, -0.1) is 11.3 Å². The molecule has 0 bridgehead atoms. The third-order valence-electron chi connectivity index (χ3n) is 3.31. The van der Waals surface area contributed by atoms with Crippen molar-refractivity contribution in [3.05, 3.63) is 40.8 Å². The molecule has 0 N–H and O–H groups in total. The molecule has 5 heteroatoms. The molecule has 0 fully saturated rings. The summed E-state index contributed by atoms with van der Waals surface area (Å²) in [6.45, 7) is 5.78. The fraction of sp³-hybridized carbons (Fsp3) is 0.333. The van der Waals surface area contributed by atoms with Crippen LogP contribution in [0.5, 0.6) is 0 Å². The molecule has 0 atom stereocenters. The number of esters is 2. The van der Waals surface area contributed by atoms with Crippen LogP contribution in [0.1, 0.15) is 37.1 Å². The van der Waals surface area contributed by atoms with Gasteiger partial charge in [-0.05, 0) is 38.3 Å². The summed E-state index contributed by atoms with van der Waals surface area (Å²) in [7, 11) is 0. The minimum absolute atomic E-state index is 0.218. The number of allylic oxidation sites excluding steroid dienone is 1. The summed E-state index contributed by atoms with van der Waals surface area (Å²) < 4.78 is 11.3. The predicted molar refractivity (Wildman–Crippen MR) is 92.5 cm³/mol. The monoisotopic (exact) mass is 332 g/mol. The highest BCUT2D eigenvalue weighted by atomic mass is 32.1. The Balaban J connectivity index is 2.65. The lowest BCUT2D eigenvalue weighted by molar-refractivity contribution is -0.156. The van der Waals surface area contributed by atoms with Crippen molar-refractivity contribution in [1.29, 1.82) is 0 Å². The van der Waals surface area contributed by atoms with E-state index in [1.54, 1.807) is 25.2 Å². The Hall–Kier alpha value is -2.14. The zero-order valence-electron chi connectivity index (χ0n) is 13.5. The van der Waals surface area contributed by atoms with Gasteiger partial charge < -0.3 is 9.47 Å². The first-order chi connectivity index (χ1) is 11.1. The van der Waals surface area contributed by atoms with Crippen molar-refractivity contribution < 1.29 is 19.1 Å². The Kier molecular flexibility index (Phi) is 5.93. The van der Waals surface area contributed by atoms with Gasteiger partial charge in [-0.2, -0.15) is 0 Å². The highest BCUT2D eigenvalue weighted by molar-refractivity contribution is 7.20. The van der Waals surface area contributed by atoms with Crippen LogP contribution in [0, 0.1) is 0 Å². The average Bonchev–Trinajstić information content (AvgIpc) is 2.87. The van der Waals surface area contributed by atoms with Crippen molar-refractivity contribution in [2.24, 2.45) is 0 Å². The van der Waals surface area contributed by atoms with Crippen LogP contribution in [0.15, 0.2) is 30.3 Å². The topological polar surface area (TPSA) is 52.6 Å². The normalized spacial score (nSPS) is 11.3. The summed E-state index contributed by atoms with van der Waals surface area (Å²) in [5, 5.41) is 0.886. The molecule has 0 radical (unpaired) electrons. The van der Waals surface area contributed by atoms with Gasteiger partial charge >= 0.3 is 11.9 Å². The van der Waals surface area contributed by atoms with Crippen molar-refractivity contribution in [2.75, 3.05) is 13.2 Å². The Labute approximate surface area is 139 Å². The lowest BCUT2D eigenvalue weighted by Gasteiger charge is -2.15. The van der Waals surface area contributed by atoms with Gasteiger partial charge in [0.05, 0.1) is 13.2 Å². The van der Waals surface area contributed by atoms with Crippen molar-refractivity contribution in [3.63, 3.8) is 0 Å². The third-order valence-corrected chi connectivity index (χ3v) is 4.47. The van der Waals surface area contributed by atoms with E-state index in [1.807, 2.05) is 43.3 Å². The molecule has 2 aromatic rings. The molecule has 0 unspecified atom stereocenters. The van der Waals surface area contributed by atoms with Crippen LogP contribution in [0.4, 0.5) is 0 Å². The molecule has 0 amide bonds. The zero-order valence-corrected chi connectivity index (χ0v) is 14.3. The fourth-order valence-electron chi connectivity index (χ4n) is 2.44. The Morgan fingerprint density at radius 1 is 1.13 bits per heavy atom. The first-order valence-electron chi connectivity index (χ1n) is 7.61. The highest BCUT2D eigenvalue weighted by Crippen LogP contribution is 2.38. The maximum absolute atomic E-state index is 12.4. The molecule has 23 heavy (non-hydrogen) atoms. The summed E-state index contributed by atoms with van der Waals surface area (Å²) in [4.78, 5) is 25.7. The quantitative estimate of drug-likeness (QED) is 0.589. The van der Waals surface area contributed by atoms with Gasteiger partial charge in [0, 0.05) is 15.1 Å². The van der Waals surface area contributed by atoms with E-state index in [4.69, 9.17) is 9.47 Å². The molecule has 2 rings (SSSR count). The lowest BCUT2D eigenvalue weighted by atomic mass is 9.95. The van der Waals surface area contributed by atoms with Crippen LogP contribution in [-0.4, -0.2) is 25.2 Å². The molecule has 0 saturated carbocycles. The largest absolute Gasteiger partial charge is 0.465 e. The van der Waals surface area contributed by atoms with E-state index in [2.05, 4.69) is 0 Å². The van der Waals surface area contributed by atoms with E-state index >= 15 is 0 Å². The summed E-state index contributed by atoms with van der Waals surface area (Å²) >= 11 is 1.55. The molecule has 0 saturated heterocycles. The molecule has 0 aliphatic heterocycles. The molecule has 0 spiro atoms. The van der Waals surface area contributed by atoms with Crippen molar-refractivity contribution in [2.45, 2.75) is 26.7 Å². The van der Waals surface area contributed by atoms with Crippen molar-refractivity contribution in [1.82, 2.24) is 0 Å². The number of carbonyl (C=O) groups excluding carboxylic acids is 2. The van der Waals surface area contributed by atoms with Crippen LogP contribution in [0.25, 0.3) is 16.2 Å². The number of rotatable bonds is 6. The standard InChI is InChI=1S/C18H20O4S/c1-4-9-14-15(12-10-7-8-11-13(12)23-14)16(17(19)21-5-2)18(20)22-6-3/h4,7-11,16H,5-6H2,1-3H3/b9-4+. The highest BCUT2D eigenvalue weighted by Gasteiger charge is 2.35. The van der Waals surface area contributed by atoms with Crippen LogP contribution in [-0.2, 0) is 19.1 Å². The molecule has 1 aromatic carbocycles. The van der Waals surface area contributed by atoms with Gasteiger partial charge in [0.15, 0.2) is 5.92 Å². The Bertz CT molecular complexity index is 712. The zero-order chi connectivity index (χ0) is 16.8. The summed E-state index contributed by atoms with van der Waals surface area (Å²) in [5.74, 6) is -2.20. The Morgan fingerprint density at radius 3 is 2.30 bits per heavy atom. The van der Waals surface area contributed by atoms with Crippen LogP contribution >= 0.6 is 11.3 Å². The molecule has 1 heterocycles. The van der Waals surface area contributed by atoms with E-state index in [-0.39, 0.29) is 13.2 Å². The van der Waals surface area contributed by atoms with Gasteiger partial charge in [-0.1, -0.05) is 24.3 Å². The molecular formula is C18H20O4S. The van der Waals surface area contributed by atoms with Gasteiger partial charge in [-0.3, -0.25) is 9.59 Å². The molecule has 4 nitrogen and oxygen atoms in total. The number of ether oxygens (including phenoxy) is 2. The summed E-state index contributed by atoms with van der Waals surface area (Å²) in [5.41, 5.74) is 0.667. The van der Waals surface area contributed by atoms with Crippen LogP contribution in [0.3, 0.4) is 0 Å². The molecule has 122 valence electrons. The minimum atomic E-state index is -1.06. The molecule has 0 aliphatic carbocycles.